The largest absolute Gasteiger partial charge is 0.219 e. The molecule has 0 N–H and O–H groups in total. The van der Waals surface area contributed by atoms with Crippen molar-refractivity contribution in [1.29, 1.82) is 0 Å². The van der Waals surface area contributed by atoms with Crippen molar-refractivity contribution in [3.63, 3.8) is 0 Å². The molecule has 2 heterocycles. The highest BCUT2D eigenvalue weighted by atomic mass is 35.5. The number of hydrogen-bond donors (Lipinski definition) is 0. The predicted molar refractivity (Wildman–Crippen MR) is 91.3 cm³/mol. The summed E-state index contributed by atoms with van der Waals surface area (Å²) in [5.41, 5.74) is 2.88. The molecular formula is C16H16Cl2N2S. The summed E-state index contributed by atoms with van der Waals surface area (Å²) in [6.45, 7) is 2.05. The molecule has 3 rings (SSSR count). The average molecular weight is 339 g/mol. The minimum atomic E-state index is 0.320. The predicted octanol–water partition coefficient (Wildman–Crippen LogP) is 5.72. The lowest BCUT2D eigenvalue weighted by Crippen LogP contribution is -2.07. The smallest absolute Gasteiger partial charge is 0.144 e. The summed E-state index contributed by atoms with van der Waals surface area (Å²) >= 11 is 14.7. The molecule has 1 atom stereocenters. The van der Waals surface area contributed by atoms with Gasteiger partial charge in [0.1, 0.15) is 16.1 Å². The first-order valence-corrected chi connectivity index (χ1v) is 8.87. The van der Waals surface area contributed by atoms with Crippen LogP contribution in [0, 0.1) is 6.92 Å². The van der Waals surface area contributed by atoms with E-state index in [9.17, 15) is 0 Å². The standard InChI is InChI=1S/C16H16Cl2N2S/c1-10-5-7-11(8-6-10)13-14(17)19-16(20-15(13)18)12-4-2-3-9-21-12/h5-8,12H,2-4,9H2,1H3. The van der Waals surface area contributed by atoms with Gasteiger partial charge in [0.15, 0.2) is 0 Å². The van der Waals surface area contributed by atoms with Gasteiger partial charge in [0.2, 0.25) is 0 Å². The van der Waals surface area contributed by atoms with Crippen molar-refractivity contribution >= 4 is 35.0 Å². The molecule has 0 saturated carbocycles. The van der Waals surface area contributed by atoms with Crippen LogP contribution < -0.4 is 0 Å². The second kappa shape index (κ2) is 6.55. The van der Waals surface area contributed by atoms with Gasteiger partial charge in [0.25, 0.3) is 0 Å². The van der Waals surface area contributed by atoms with Crippen LogP contribution in [-0.4, -0.2) is 15.7 Å². The van der Waals surface area contributed by atoms with E-state index in [4.69, 9.17) is 23.2 Å². The lowest BCUT2D eigenvalue weighted by molar-refractivity contribution is 0.662. The molecule has 1 aliphatic rings. The molecule has 1 fully saturated rings. The van der Waals surface area contributed by atoms with E-state index < -0.39 is 0 Å². The van der Waals surface area contributed by atoms with Crippen LogP contribution in [0.5, 0.6) is 0 Å². The molecule has 1 aliphatic heterocycles. The molecule has 1 aromatic heterocycles. The zero-order chi connectivity index (χ0) is 14.8. The molecule has 2 aromatic rings. The normalized spacial score (nSPS) is 18.7. The quantitative estimate of drug-likeness (QED) is 0.655. The Bertz CT molecular complexity index is 614. The second-order valence-electron chi connectivity index (χ2n) is 5.26. The fourth-order valence-corrected chi connectivity index (χ4v) is 4.33. The first-order valence-electron chi connectivity index (χ1n) is 7.07. The molecule has 0 spiro atoms. The van der Waals surface area contributed by atoms with E-state index in [0.29, 0.717) is 15.6 Å². The van der Waals surface area contributed by atoms with Gasteiger partial charge in [-0.05, 0) is 31.1 Å². The summed E-state index contributed by atoms with van der Waals surface area (Å²) in [6.07, 6.45) is 3.58. The van der Waals surface area contributed by atoms with Gasteiger partial charge < -0.3 is 0 Å². The number of rotatable bonds is 2. The minimum absolute atomic E-state index is 0.320. The maximum absolute atomic E-state index is 6.38. The number of nitrogens with zero attached hydrogens (tertiary/aromatic N) is 2. The number of benzene rings is 1. The van der Waals surface area contributed by atoms with Gasteiger partial charge in [-0.15, -0.1) is 0 Å². The average Bonchev–Trinajstić information content (AvgIpc) is 2.49. The van der Waals surface area contributed by atoms with E-state index >= 15 is 0 Å². The van der Waals surface area contributed by atoms with Crippen LogP contribution in [0.4, 0.5) is 0 Å². The maximum Gasteiger partial charge on any atom is 0.144 e. The summed E-state index contributed by atoms with van der Waals surface area (Å²) in [5, 5.41) is 1.21. The Morgan fingerprint density at radius 3 is 2.29 bits per heavy atom. The summed E-state index contributed by atoms with van der Waals surface area (Å²) in [5.74, 6) is 1.92. The third-order valence-electron chi connectivity index (χ3n) is 3.65. The Balaban J connectivity index is 1.97. The van der Waals surface area contributed by atoms with E-state index in [1.54, 1.807) is 0 Å². The summed E-state index contributed by atoms with van der Waals surface area (Å²) in [4.78, 5) is 9.01. The van der Waals surface area contributed by atoms with Gasteiger partial charge in [-0.25, -0.2) is 9.97 Å². The van der Waals surface area contributed by atoms with Crippen LogP contribution in [0.2, 0.25) is 10.3 Å². The lowest BCUT2D eigenvalue weighted by Gasteiger charge is -2.20. The Morgan fingerprint density at radius 2 is 1.71 bits per heavy atom. The van der Waals surface area contributed by atoms with E-state index in [-0.39, 0.29) is 0 Å². The van der Waals surface area contributed by atoms with Crippen molar-refractivity contribution in [1.82, 2.24) is 9.97 Å². The summed E-state index contributed by atoms with van der Waals surface area (Å²) < 4.78 is 0. The van der Waals surface area contributed by atoms with Crippen molar-refractivity contribution in [3.8, 4) is 11.1 Å². The number of halogens is 2. The Morgan fingerprint density at radius 1 is 1.05 bits per heavy atom. The molecule has 0 bridgehead atoms. The molecule has 21 heavy (non-hydrogen) atoms. The molecule has 0 amide bonds. The van der Waals surface area contributed by atoms with Gasteiger partial charge in [0, 0.05) is 0 Å². The third kappa shape index (κ3) is 3.36. The molecule has 0 aliphatic carbocycles. The maximum atomic E-state index is 6.38. The Kier molecular flexibility index (Phi) is 4.72. The van der Waals surface area contributed by atoms with Crippen molar-refractivity contribution in [2.45, 2.75) is 31.4 Å². The fourth-order valence-electron chi connectivity index (χ4n) is 2.47. The van der Waals surface area contributed by atoms with Crippen LogP contribution in [0.3, 0.4) is 0 Å². The molecule has 110 valence electrons. The zero-order valence-electron chi connectivity index (χ0n) is 11.8. The first-order chi connectivity index (χ1) is 10.1. The van der Waals surface area contributed by atoms with Crippen molar-refractivity contribution in [3.05, 3.63) is 46.0 Å². The van der Waals surface area contributed by atoms with E-state index in [1.165, 1.54) is 18.4 Å². The van der Waals surface area contributed by atoms with Gasteiger partial charge in [-0.2, -0.15) is 11.8 Å². The molecule has 0 radical (unpaired) electrons. The minimum Gasteiger partial charge on any atom is -0.219 e. The fraction of sp³-hybridized carbons (Fsp3) is 0.375. The Hall–Kier alpha value is -0.770. The molecule has 1 saturated heterocycles. The summed E-state index contributed by atoms with van der Waals surface area (Å²) in [7, 11) is 0. The van der Waals surface area contributed by atoms with Crippen LogP contribution in [0.25, 0.3) is 11.1 Å². The highest BCUT2D eigenvalue weighted by Crippen LogP contribution is 2.40. The molecule has 1 aromatic carbocycles. The lowest BCUT2D eigenvalue weighted by atomic mass is 10.1. The topological polar surface area (TPSA) is 25.8 Å². The van der Waals surface area contributed by atoms with Gasteiger partial charge in [0.05, 0.1) is 10.8 Å². The molecule has 2 nitrogen and oxygen atoms in total. The monoisotopic (exact) mass is 338 g/mol. The van der Waals surface area contributed by atoms with Crippen LogP contribution in [0.1, 0.15) is 35.9 Å². The van der Waals surface area contributed by atoms with Crippen molar-refractivity contribution < 1.29 is 0 Å². The van der Waals surface area contributed by atoms with Crippen molar-refractivity contribution in [2.24, 2.45) is 0 Å². The highest BCUT2D eigenvalue weighted by Gasteiger charge is 2.22. The zero-order valence-corrected chi connectivity index (χ0v) is 14.1. The van der Waals surface area contributed by atoms with Gasteiger partial charge >= 0.3 is 0 Å². The molecule has 5 heteroatoms. The highest BCUT2D eigenvalue weighted by molar-refractivity contribution is 7.99. The number of aromatic nitrogens is 2. The van der Waals surface area contributed by atoms with E-state index in [2.05, 4.69) is 9.97 Å². The first kappa shape index (κ1) is 15.1. The van der Waals surface area contributed by atoms with Gasteiger partial charge in [-0.1, -0.05) is 59.5 Å². The van der Waals surface area contributed by atoms with Crippen molar-refractivity contribution in [2.75, 3.05) is 5.75 Å². The molecular weight excluding hydrogens is 323 g/mol. The Labute approximate surface area is 139 Å². The second-order valence-corrected chi connectivity index (χ2v) is 7.29. The SMILES string of the molecule is Cc1ccc(-c2c(Cl)nc(C3CCCCS3)nc2Cl)cc1. The molecule has 1 unspecified atom stereocenters. The number of aryl methyl sites for hydroxylation is 1. The third-order valence-corrected chi connectivity index (χ3v) is 5.57. The van der Waals surface area contributed by atoms with Crippen LogP contribution in [0.15, 0.2) is 24.3 Å². The van der Waals surface area contributed by atoms with Gasteiger partial charge in [-0.3, -0.25) is 0 Å². The number of hydrogen-bond acceptors (Lipinski definition) is 3. The van der Waals surface area contributed by atoms with E-state index in [1.807, 2.05) is 43.0 Å². The van der Waals surface area contributed by atoms with E-state index in [0.717, 1.165) is 29.1 Å². The van der Waals surface area contributed by atoms with Crippen LogP contribution >= 0.6 is 35.0 Å². The number of thioether (sulfide) groups is 1. The summed E-state index contributed by atoms with van der Waals surface area (Å²) in [6, 6.07) is 8.07. The van der Waals surface area contributed by atoms with Crippen LogP contribution in [-0.2, 0) is 0 Å².